The van der Waals surface area contributed by atoms with E-state index in [1.807, 2.05) is 0 Å². The third-order valence-corrected chi connectivity index (χ3v) is 2.02. The molecular weight excluding hydrogens is 226 g/mol. The van der Waals surface area contributed by atoms with Crippen LogP contribution >= 0.6 is 0 Å². The van der Waals surface area contributed by atoms with E-state index in [1.165, 1.54) is 30.2 Å². The van der Waals surface area contributed by atoms with Gasteiger partial charge in [0.25, 0.3) is 5.91 Å². The molecule has 7 heteroatoms. The Morgan fingerprint density at radius 2 is 2.24 bits per heavy atom. The van der Waals surface area contributed by atoms with Crippen molar-refractivity contribution in [3.8, 4) is 5.75 Å². The number of hydrogen-bond donors (Lipinski definition) is 0. The van der Waals surface area contributed by atoms with Crippen molar-refractivity contribution in [2.24, 2.45) is 0 Å². The fourth-order valence-corrected chi connectivity index (χ4v) is 1.22. The van der Waals surface area contributed by atoms with Gasteiger partial charge in [0.05, 0.1) is 0 Å². The van der Waals surface area contributed by atoms with Crippen molar-refractivity contribution in [3.05, 3.63) is 28.4 Å². The van der Waals surface area contributed by atoms with Gasteiger partial charge in [0.2, 0.25) is 5.75 Å². The first-order chi connectivity index (χ1) is 7.93. The number of ether oxygens (including phenoxy) is 1. The van der Waals surface area contributed by atoms with Crippen LogP contribution in [0.1, 0.15) is 6.92 Å². The molecule has 92 valence electrons. The SMILES string of the molecule is CC(Oc1cccnc1[N+](=O)[O-])C(=O)N(C)C. The molecule has 0 aromatic carbocycles. The highest BCUT2D eigenvalue weighted by molar-refractivity contribution is 5.80. The highest BCUT2D eigenvalue weighted by Crippen LogP contribution is 2.24. The van der Waals surface area contributed by atoms with Crippen LogP contribution in [-0.2, 0) is 4.79 Å². The number of carbonyl (C=O) groups is 1. The van der Waals surface area contributed by atoms with Crippen molar-refractivity contribution < 1.29 is 14.5 Å². The Kier molecular flexibility index (Phi) is 3.97. The highest BCUT2D eigenvalue weighted by Gasteiger charge is 2.22. The van der Waals surface area contributed by atoms with Gasteiger partial charge in [-0.3, -0.25) is 4.79 Å². The predicted octanol–water partition coefficient (Wildman–Crippen LogP) is 0.845. The van der Waals surface area contributed by atoms with Crippen molar-refractivity contribution in [1.29, 1.82) is 0 Å². The summed E-state index contributed by atoms with van der Waals surface area (Å²) in [6, 6.07) is 2.92. The molecule has 0 aliphatic heterocycles. The molecule has 0 fully saturated rings. The number of pyridine rings is 1. The lowest BCUT2D eigenvalue weighted by atomic mass is 10.3. The predicted molar refractivity (Wildman–Crippen MR) is 59.7 cm³/mol. The van der Waals surface area contributed by atoms with Crippen LogP contribution in [0, 0.1) is 10.1 Å². The van der Waals surface area contributed by atoms with E-state index in [4.69, 9.17) is 4.74 Å². The molecule has 0 spiro atoms. The second-order valence-corrected chi connectivity index (χ2v) is 3.57. The van der Waals surface area contributed by atoms with Gasteiger partial charge in [0.15, 0.2) is 6.10 Å². The van der Waals surface area contributed by atoms with Gasteiger partial charge >= 0.3 is 5.82 Å². The van der Waals surface area contributed by atoms with Gasteiger partial charge in [-0.05, 0) is 29.0 Å². The zero-order chi connectivity index (χ0) is 13.0. The first-order valence-electron chi connectivity index (χ1n) is 4.90. The topological polar surface area (TPSA) is 85.6 Å². The number of hydrogen-bond acceptors (Lipinski definition) is 5. The Labute approximate surface area is 98.2 Å². The summed E-state index contributed by atoms with van der Waals surface area (Å²) in [5, 5.41) is 10.7. The minimum atomic E-state index is -0.798. The minimum absolute atomic E-state index is 0.0137. The first-order valence-corrected chi connectivity index (χ1v) is 4.90. The molecule has 0 aliphatic carbocycles. The lowest BCUT2D eigenvalue weighted by molar-refractivity contribution is -0.390. The molecule has 1 amide bonds. The van der Waals surface area contributed by atoms with Crippen molar-refractivity contribution >= 4 is 11.7 Å². The molecule has 1 heterocycles. The summed E-state index contributed by atoms with van der Waals surface area (Å²) in [6.07, 6.45) is 0.497. The molecule has 0 saturated carbocycles. The number of amides is 1. The molecule has 1 aromatic rings. The average molecular weight is 239 g/mol. The van der Waals surface area contributed by atoms with Crippen LogP contribution in [0.4, 0.5) is 5.82 Å². The maximum atomic E-state index is 11.5. The average Bonchev–Trinajstić information content (AvgIpc) is 2.28. The molecule has 1 rings (SSSR count). The molecule has 0 radical (unpaired) electrons. The number of likely N-dealkylation sites (N-methyl/N-ethyl adjacent to an activating group) is 1. The Morgan fingerprint density at radius 3 is 2.76 bits per heavy atom. The lowest BCUT2D eigenvalue weighted by Crippen LogP contribution is -2.35. The van der Waals surface area contributed by atoms with Crippen LogP contribution < -0.4 is 4.74 Å². The van der Waals surface area contributed by atoms with Crippen LogP contribution in [0.15, 0.2) is 18.3 Å². The molecule has 0 bridgehead atoms. The van der Waals surface area contributed by atoms with Crippen LogP contribution in [0.25, 0.3) is 0 Å². The van der Waals surface area contributed by atoms with Crippen molar-refractivity contribution in [2.75, 3.05) is 14.1 Å². The van der Waals surface area contributed by atoms with Crippen LogP contribution in [0.3, 0.4) is 0 Å². The fraction of sp³-hybridized carbons (Fsp3) is 0.400. The number of nitro groups is 1. The quantitative estimate of drug-likeness (QED) is 0.574. The Balaban J connectivity index is 2.88. The Hall–Kier alpha value is -2.18. The van der Waals surface area contributed by atoms with Crippen molar-refractivity contribution in [3.63, 3.8) is 0 Å². The zero-order valence-electron chi connectivity index (χ0n) is 9.78. The van der Waals surface area contributed by atoms with E-state index in [1.54, 1.807) is 14.1 Å². The summed E-state index contributed by atoms with van der Waals surface area (Å²) in [7, 11) is 3.17. The molecule has 0 aliphatic rings. The number of rotatable bonds is 4. The Morgan fingerprint density at radius 1 is 1.59 bits per heavy atom. The van der Waals surface area contributed by atoms with Gasteiger partial charge in [-0.1, -0.05) is 0 Å². The van der Waals surface area contributed by atoms with E-state index in [9.17, 15) is 14.9 Å². The van der Waals surface area contributed by atoms with E-state index < -0.39 is 16.8 Å². The van der Waals surface area contributed by atoms with E-state index in [-0.39, 0.29) is 11.7 Å². The summed E-state index contributed by atoms with van der Waals surface area (Å²) >= 11 is 0. The van der Waals surface area contributed by atoms with Gasteiger partial charge in [-0.25, -0.2) is 0 Å². The van der Waals surface area contributed by atoms with Crippen LogP contribution in [0.2, 0.25) is 0 Å². The van der Waals surface area contributed by atoms with Crippen LogP contribution in [-0.4, -0.2) is 40.9 Å². The summed E-state index contributed by atoms with van der Waals surface area (Å²) in [5.41, 5.74) is 0. The third-order valence-electron chi connectivity index (χ3n) is 2.02. The van der Waals surface area contributed by atoms with E-state index in [0.29, 0.717) is 0 Å². The van der Waals surface area contributed by atoms with Crippen molar-refractivity contribution in [1.82, 2.24) is 9.88 Å². The second kappa shape index (κ2) is 5.24. The zero-order valence-corrected chi connectivity index (χ0v) is 9.78. The monoisotopic (exact) mass is 239 g/mol. The second-order valence-electron chi connectivity index (χ2n) is 3.57. The van der Waals surface area contributed by atoms with E-state index in [0.717, 1.165) is 0 Å². The molecular formula is C10H13N3O4. The fourth-order valence-electron chi connectivity index (χ4n) is 1.22. The van der Waals surface area contributed by atoms with Gasteiger partial charge in [0.1, 0.15) is 6.20 Å². The molecule has 7 nitrogen and oxygen atoms in total. The van der Waals surface area contributed by atoms with Gasteiger partial charge in [0, 0.05) is 14.1 Å². The smallest absolute Gasteiger partial charge is 0.406 e. The standard InChI is InChI=1S/C10H13N3O4/c1-7(10(14)12(2)3)17-8-5-4-6-11-9(8)13(15)16/h4-7H,1-3H3. The van der Waals surface area contributed by atoms with Crippen LogP contribution in [0.5, 0.6) is 5.75 Å². The first kappa shape index (κ1) is 12.9. The van der Waals surface area contributed by atoms with Crippen molar-refractivity contribution in [2.45, 2.75) is 13.0 Å². The van der Waals surface area contributed by atoms with Gasteiger partial charge in [-0.2, -0.15) is 0 Å². The molecule has 1 atom stereocenters. The maximum Gasteiger partial charge on any atom is 0.406 e. The van der Waals surface area contributed by atoms with Gasteiger partial charge < -0.3 is 19.8 Å². The molecule has 17 heavy (non-hydrogen) atoms. The highest BCUT2D eigenvalue weighted by atomic mass is 16.6. The number of aromatic nitrogens is 1. The van der Waals surface area contributed by atoms with E-state index in [2.05, 4.69) is 4.98 Å². The minimum Gasteiger partial charge on any atom is -0.473 e. The number of carbonyl (C=O) groups excluding carboxylic acids is 1. The maximum absolute atomic E-state index is 11.5. The molecule has 1 unspecified atom stereocenters. The molecule has 0 N–H and O–H groups in total. The summed E-state index contributed by atoms with van der Waals surface area (Å²) in [4.78, 5) is 26.5. The molecule has 1 aromatic heterocycles. The third kappa shape index (κ3) is 3.13. The Bertz CT molecular complexity index is 433. The molecule has 0 saturated heterocycles. The lowest BCUT2D eigenvalue weighted by Gasteiger charge is -2.17. The number of nitrogens with zero attached hydrogens (tertiary/aromatic N) is 3. The van der Waals surface area contributed by atoms with E-state index >= 15 is 0 Å². The normalized spacial score (nSPS) is 11.7. The summed E-state index contributed by atoms with van der Waals surface area (Å²) in [6.45, 7) is 1.53. The summed E-state index contributed by atoms with van der Waals surface area (Å²) in [5.74, 6) is -0.686. The largest absolute Gasteiger partial charge is 0.473 e. The summed E-state index contributed by atoms with van der Waals surface area (Å²) < 4.78 is 5.23. The van der Waals surface area contributed by atoms with Gasteiger partial charge in [-0.15, -0.1) is 0 Å².